The Labute approximate surface area is 159 Å². The Morgan fingerprint density at radius 2 is 2.24 bits per heavy atom. The summed E-state index contributed by atoms with van der Waals surface area (Å²) in [5.41, 5.74) is 2.92. The molecule has 1 amide bonds. The van der Waals surface area contributed by atoms with Gasteiger partial charge in [0, 0.05) is 28.5 Å². The van der Waals surface area contributed by atoms with Gasteiger partial charge >= 0.3 is 0 Å². The fourth-order valence-electron chi connectivity index (χ4n) is 2.28. The van der Waals surface area contributed by atoms with Crippen molar-refractivity contribution in [3.05, 3.63) is 57.3 Å². The third kappa shape index (κ3) is 4.42. The van der Waals surface area contributed by atoms with Gasteiger partial charge in [0.1, 0.15) is 5.01 Å². The summed E-state index contributed by atoms with van der Waals surface area (Å²) in [6.07, 6.45) is 3.59. The summed E-state index contributed by atoms with van der Waals surface area (Å²) < 4.78 is 1.95. The Kier molecular flexibility index (Phi) is 5.78. The highest BCUT2D eigenvalue weighted by Crippen LogP contribution is 2.26. The number of thioether (sulfide) groups is 1. The number of thiazole rings is 1. The monoisotopic (exact) mass is 392 g/mol. The minimum atomic E-state index is -0.0461. The first-order valence-electron chi connectivity index (χ1n) is 7.64. The second-order valence-electron chi connectivity index (χ2n) is 5.41. The first-order valence-corrected chi connectivity index (χ1v) is 9.88. The van der Waals surface area contributed by atoms with Crippen molar-refractivity contribution in [1.82, 2.24) is 19.9 Å². The number of amides is 1. The molecule has 0 saturated carbocycles. The zero-order valence-electron chi connectivity index (χ0n) is 13.8. The van der Waals surface area contributed by atoms with E-state index in [0.717, 1.165) is 27.1 Å². The number of nitrogens with zero attached hydrogens (tertiary/aromatic N) is 3. The van der Waals surface area contributed by atoms with E-state index in [9.17, 15) is 4.79 Å². The van der Waals surface area contributed by atoms with E-state index in [1.165, 1.54) is 11.8 Å². The third-order valence-electron chi connectivity index (χ3n) is 3.54. The average molecular weight is 393 g/mol. The highest BCUT2D eigenvalue weighted by atomic mass is 35.5. The third-order valence-corrected chi connectivity index (χ3v) is 5.88. The quantitative estimate of drug-likeness (QED) is 0.644. The van der Waals surface area contributed by atoms with Crippen LogP contribution in [0.2, 0.25) is 5.02 Å². The highest BCUT2D eigenvalue weighted by molar-refractivity contribution is 7.99. The second kappa shape index (κ2) is 8.03. The van der Waals surface area contributed by atoms with Crippen molar-refractivity contribution in [2.24, 2.45) is 0 Å². The van der Waals surface area contributed by atoms with Crippen LogP contribution in [0.5, 0.6) is 0 Å². The van der Waals surface area contributed by atoms with Gasteiger partial charge in [0.2, 0.25) is 5.91 Å². The summed E-state index contributed by atoms with van der Waals surface area (Å²) >= 11 is 9.14. The molecule has 130 valence electrons. The molecule has 0 fully saturated rings. The Morgan fingerprint density at radius 1 is 1.40 bits per heavy atom. The number of nitrogens with one attached hydrogen (secondary N) is 1. The molecule has 3 aromatic rings. The zero-order valence-corrected chi connectivity index (χ0v) is 16.2. The number of aryl methyl sites for hydroxylation is 1. The fraction of sp³-hybridized carbons (Fsp3) is 0.235. The van der Waals surface area contributed by atoms with Gasteiger partial charge in [-0.3, -0.25) is 9.36 Å². The number of rotatable bonds is 6. The molecular formula is C17H17ClN4OS2. The molecule has 3 rings (SSSR count). The lowest BCUT2D eigenvalue weighted by Crippen LogP contribution is -2.24. The van der Waals surface area contributed by atoms with Crippen LogP contribution in [-0.4, -0.2) is 26.2 Å². The van der Waals surface area contributed by atoms with Gasteiger partial charge < -0.3 is 5.32 Å². The van der Waals surface area contributed by atoms with Gasteiger partial charge in [0.25, 0.3) is 0 Å². The van der Waals surface area contributed by atoms with E-state index in [4.69, 9.17) is 11.6 Å². The van der Waals surface area contributed by atoms with Crippen molar-refractivity contribution in [1.29, 1.82) is 0 Å². The lowest BCUT2D eigenvalue weighted by molar-refractivity contribution is -0.118. The number of carbonyl (C=O) groups excluding carboxylic acids is 1. The minimum Gasteiger partial charge on any atom is -0.349 e. The number of benzene rings is 1. The number of carbonyl (C=O) groups is 1. The van der Waals surface area contributed by atoms with Crippen molar-refractivity contribution in [2.45, 2.75) is 25.5 Å². The van der Waals surface area contributed by atoms with Crippen LogP contribution in [0, 0.1) is 13.8 Å². The summed E-state index contributed by atoms with van der Waals surface area (Å²) in [6.45, 7) is 4.36. The molecule has 1 aromatic carbocycles. The lowest BCUT2D eigenvalue weighted by atomic mass is 10.2. The van der Waals surface area contributed by atoms with Crippen LogP contribution in [0.3, 0.4) is 0 Å². The van der Waals surface area contributed by atoms with Gasteiger partial charge in [-0.1, -0.05) is 29.4 Å². The fourth-order valence-corrected chi connectivity index (χ4v) is 3.95. The molecule has 0 radical (unpaired) electrons. The molecule has 0 aliphatic rings. The molecule has 0 aliphatic carbocycles. The van der Waals surface area contributed by atoms with Crippen LogP contribution in [0.15, 0.2) is 41.1 Å². The Bertz CT molecular complexity index is 890. The van der Waals surface area contributed by atoms with Crippen molar-refractivity contribution < 1.29 is 4.79 Å². The van der Waals surface area contributed by atoms with Crippen LogP contribution in [0.1, 0.15) is 16.3 Å². The highest BCUT2D eigenvalue weighted by Gasteiger charge is 2.12. The Hall–Kier alpha value is -1.83. The van der Waals surface area contributed by atoms with E-state index in [-0.39, 0.29) is 5.91 Å². The number of aromatic nitrogens is 3. The molecule has 0 unspecified atom stereocenters. The largest absolute Gasteiger partial charge is 0.349 e. The predicted octanol–water partition coefficient (Wildman–Crippen LogP) is 4.01. The van der Waals surface area contributed by atoms with E-state index >= 15 is 0 Å². The van der Waals surface area contributed by atoms with Gasteiger partial charge in [-0.05, 0) is 31.5 Å². The van der Waals surface area contributed by atoms with Gasteiger partial charge in [-0.15, -0.1) is 11.3 Å². The van der Waals surface area contributed by atoms with E-state index in [2.05, 4.69) is 15.3 Å². The molecular weight excluding hydrogens is 376 g/mol. The van der Waals surface area contributed by atoms with Crippen molar-refractivity contribution in [3.63, 3.8) is 0 Å². The van der Waals surface area contributed by atoms with Crippen molar-refractivity contribution in [3.8, 4) is 5.69 Å². The van der Waals surface area contributed by atoms with Crippen LogP contribution in [-0.2, 0) is 11.3 Å². The van der Waals surface area contributed by atoms with Crippen LogP contribution >= 0.6 is 34.7 Å². The van der Waals surface area contributed by atoms with Gasteiger partial charge in [-0.25, -0.2) is 9.97 Å². The number of hydrogen-bond acceptors (Lipinski definition) is 5. The molecule has 8 heteroatoms. The summed E-state index contributed by atoms with van der Waals surface area (Å²) in [4.78, 5) is 20.8. The number of imidazole rings is 1. The molecule has 2 heterocycles. The van der Waals surface area contributed by atoms with Gasteiger partial charge in [-0.2, -0.15) is 0 Å². The zero-order chi connectivity index (χ0) is 17.8. The first kappa shape index (κ1) is 18.0. The molecule has 0 saturated heterocycles. The summed E-state index contributed by atoms with van der Waals surface area (Å²) in [5.74, 6) is 0.247. The molecule has 0 spiro atoms. The Morgan fingerprint density at radius 3 is 3.00 bits per heavy atom. The van der Waals surface area contributed by atoms with Gasteiger partial charge in [0.05, 0.1) is 18.0 Å². The lowest BCUT2D eigenvalue weighted by Gasteiger charge is -2.11. The van der Waals surface area contributed by atoms with E-state index < -0.39 is 0 Å². The molecule has 0 atom stereocenters. The van der Waals surface area contributed by atoms with Gasteiger partial charge in [0.15, 0.2) is 5.16 Å². The van der Waals surface area contributed by atoms with Crippen LogP contribution in [0.25, 0.3) is 5.69 Å². The SMILES string of the molecule is Cc1csc(CNC(=O)CSc2nccn2-c2cccc(Cl)c2C)n1. The molecule has 0 bridgehead atoms. The van der Waals surface area contributed by atoms with Crippen molar-refractivity contribution >= 4 is 40.6 Å². The smallest absolute Gasteiger partial charge is 0.230 e. The van der Waals surface area contributed by atoms with Crippen LogP contribution in [0.4, 0.5) is 0 Å². The Balaban J connectivity index is 1.61. The summed E-state index contributed by atoms with van der Waals surface area (Å²) in [6, 6.07) is 5.75. The minimum absolute atomic E-state index is 0.0461. The second-order valence-corrected chi connectivity index (χ2v) is 7.70. The molecule has 0 aliphatic heterocycles. The molecule has 2 aromatic heterocycles. The standard InChI is InChI=1S/C17H17ClN4OS2/c1-11-9-24-16(21-11)8-20-15(23)10-25-17-19-6-7-22(17)14-5-3-4-13(18)12(14)2/h3-7,9H,8,10H2,1-2H3,(H,20,23). The van der Waals surface area contributed by atoms with Crippen molar-refractivity contribution in [2.75, 3.05) is 5.75 Å². The number of halogens is 1. The van der Waals surface area contributed by atoms with Crippen LogP contribution < -0.4 is 5.32 Å². The van der Waals surface area contributed by atoms with E-state index in [1.807, 2.05) is 48.2 Å². The normalized spacial score (nSPS) is 10.8. The maximum Gasteiger partial charge on any atom is 0.230 e. The summed E-state index contributed by atoms with van der Waals surface area (Å²) in [5, 5.41) is 7.23. The van der Waals surface area contributed by atoms with E-state index in [1.54, 1.807) is 17.5 Å². The molecule has 25 heavy (non-hydrogen) atoms. The topological polar surface area (TPSA) is 59.8 Å². The maximum atomic E-state index is 12.1. The first-order chi connectivity index (χ1) is 12.0. The number of hydrogen-bond donors (Lipinski definition) is 1. The summed E-state index contributed by atoms with van der Waals surface area (Å²) in [7, 11) is 0. The maximum absolute atomic E-state index is 12.1. The predicted molar refractivity (Wildman–Crippen MR) is 103 cm³/mol. The average Bonchev–Trinajstić information content (AvgIpc) is 3.22. The van der Waals surface area contributed by atoms with E-state index in [0.29, 0.717) is 17.3 Å². The molecule has 1 N–H and O–H groups in total. The molecule has 5 nitrogen and oxygen atoms in total.